The third-order valence-corrected chi connectivity index (χ3v) is 4.57. The van der Waals surface area contributed by atoms with E-state index in [4.69, 9.17) is 4.74 Å². The molecule has 1 atom stereocenters. The maximum absolute atomic E-state index is 12.6. The molecule has 5 heteroatoms. The van der Waals surface area contributed by atoms with Crippen LogP contribution in [0.2, 0.25) is 0 Å². The topological polar surface area (TPSA) is 29.5 Å². The monoisotopic (exact) mass is 280 g/mol. The van der Waals surface area contributed by atoms with E-state index in [1.165, 1.54) is 0 Å². The van der Waals surface area contributed by atoms with Crippen molar-refractivity contribution in [2.75, 3.05) is 6.61 Å². The van der Waals surface area contributed by atoms with Crippen molar-refractivity contribution in [3.8, 4) is 0 Å². The first-order valence-electron chi connectivity index (χ1n) is 7.30. The Hall–Kier alpha value is -0.290. The second-order valence-electron chi connectivity index (χ2n) is 6.07. The molecule has 0 aromatic rings. The van der Waals surface area contributed by atoms with Crippen molar-refractivity contribution in [2.45, 2.75) is 75.7 Å². The maximum Gasteiger partial charge on any atom is 0.391 e. The molecule has 1 unspecified atom stereocenters. The van der Waals surface area contributed by atoms with Gasteiger partial charge in [-0.2, -0.15) is 13.2 Å². The predicted octanol–water partition coefficient (Wildman–Crippen LogP) is 3.82. The number of alkyl halides is 3. The first kappa shape index (κ1) is 15.1. The zero-order valence-corrected chi connectivity index (χ0v) is 11.2. The van der Waals surface area contributed by atoms with Crippen LogP contribution in [0.3, 0.4) is 0 Å². The zero-order chi connectivity index (χ0) is 13.9. The van der Waals surface area contributed by atoms with E-state index in [0.29, 0.717) is 12.5 Å². The van der Waals surface area contributed by atoms with Gasteiger partial charge in [0.2, 0.25) is 0 Å². The van der Waals surface area contributed by atoms with E-state index in [9.17, 15) is 18.3 Å². The van der Waals surface area contributed by atoms with Crippen LogP contribution in [-0.4, -0.2) is 29.6 Å². The molecule has 1 saturated heterocycles. The van der Waals surface area contributed by atoms with Gasteiger partial charge >= 0.3 is 6.18 Å². The highest BCUT2D eigenvalue weighted by atomic mass is 19.4. The van der Waals surface area contributed by atoms with Crippen molar-refractivity contribution < 1.29 is 23.0 Å². The molecule has 1 heterocycles. The molecule has 2 nitrogen and oxygen atoms in total. The molecular formula is C14H23F3O2. The molecule has 0 bridgehead atoms. The molecule has 2 aliphatic rings. The Morgan fingerprint density at radius 2 is 1.84 bits per heavy atom. The lowest BCUT2D eigenvalue weighted by molar-refractivity contribution is -0.192. The summed E-state index contributed by atoms with van der Waals surface area (Å²) >= 11 is 0. The number of rotatable bonds is 4. The van der Waals surface area contributed by atoms with Gasteiger partial charge in [0, 0.05) is 6.61 Å². The third-order valence-electron chi connectivity index (χ3n) is 4.57. The van der Waals surface area contributed by atoms with E-state index in [2.05, 4.69) is 0 Å². The van der Waals surface area contributed by atoms with Gasteiger partial charge in [0.25, 0.3) is 0 Å². The molecule has 0 aromatic heterocycles. The van der Waals surface area contributed by atoms with Crippen molar-refractivity contribution in [1.82, 2.24) is 0 Å². The molecule has 1 N–H and O–H groups in total. The minimum atomic E-state index is -4.10. The summed E-state index contributed by atoms with van der Waals surface area (Å²) in [5, 5.41) is 10.3. The molecule has 1 saturated carbocycles. The van der Waals surface area contributed by atoms with Gasteiger partial charge in [0.05, 0.1) is 17.6 Å². The van der Waals surface area contributed by atoms with E-state index in [0.717, 1.165) is 32.3 Å². The second kappa shape index (κ2) is 6.00. The van der Waals surface area contributed by atoms with Crippen LogP contribution < -0.4 is 0 Å². The van der Waals surface area contributed by atoms with Gasteiger partial charge in [0.15, 0.2) is 0 Å². The summed E-state index contributed by atoms with van der Waals surface area (Å²) in [6.45, 7) is 0.822. The van der Waals surface area contributed by atoms with Crippen molar-refractivity contribution >= 4 is 0 Å². The predicted molar refractivity (Wildman–Crippen MR) is 65.8 cm³/mol. The van der Waals surface area contributed by atoms with Crippen molar-refractivity contribution in [3.63, 3.8) is 0 Å². The van der Waals surface area contributed by atoms with E-state index in [1.807, 2.05) is 0 Å². The van der Waals surface area contributed by atoms with Gasteiger partial charge in [-0.05, 0) is 57.8 Å². The van der Waals surface area contributed by atoms with Crippen LogP contribution in [-0.2, 0) is 4.74 Å². The quantitative estimate of drug-likeness (QED) is 0.848. The lowest BCUT2D eigenvalue weighted by Crippen LogP contribution is -2.38. The number of ether oxygens (including phenoxy) is 1. The lowest BCUT2D eigenvalue weighted by atomic mass is 9.76. The van der Waals surface area contributed by atoms with E-state index >= 15 is 0 Å². The molecule has 0 aromatic carbocycles. The summed E-state index contributed by atoms with van der Waals surface area (Å²) < 4.78 is 43.2. The van der Waals surface area contributed by atoms with Crippen LogP contribution in [0.15, 0.2) is 0 Å². The summed E-state index contributed by atoms with van der Waals surface area (Å²) in [4.78, 5) is 0. The maximum atomic E-state index is 12.6. The fourth-order valence-electron chi connectivity index (χ4n) is 3.26. The highest BCUT2D eigenvalue weighted by Gasteiger charge is 2.44. The van der Waals surface area contributed by atoms with Crippen molar-refractivity contribution in [2.24, 2.45) is 5.92 Å². The molecule has 0 radical (unpaired) electrons. The summed E-state index contributed by atoms with van der Waals surface area (Å²) in [6.07, 6.45) is 1.46. The van der Waals surface area contributed by atoms with E-state index in [1.54, 1.807) is 0 Å². The Morgan fingerprint density at radius 3 is 2.37 bits per heavy atom. The largest absolute Gasteiger partial charge is 0.391 e. The fourth-order valence-corrected chi connectivity index (χ4v) is 3.26. The van der Waals surface area contributed by atoms with Gasteiger partial charge in [-0.25, -0.2) is 0 Å². The number of hydrogen-bond acceptors (Lipinski definition) is 2. The first-order valence-corrected chi connectivity index (χ1v) is 7.30. The first-order chi connectivity index (χ1) is 8.89. The average molecular weight is 280 g/mol. The molecule has 0 spiro atoms. The third kappa shape index (κ3) is 4.35. The number of hydrogen-bond donors (Lipinski definition) is 1. The Bertz CT molecular complexity index is 277. The molecule has 1 aliphatic heterocycles. The smallest absolute Gasteiger partial charge is 0.390 e. The fraction of sp³-hybridized carbons (Fsp3) is 1.00. The lowest BCUT2D eigenvalue weighted by Gasteiger charge is -2.37. The highest BCUT2D eigenvalue weighted by Crippen LogP contribution is 2.42. The Morgan fingerprint density at radius 1 is 1.16 bits per heavy atom. The SMILES string of the molecule is OC1(CCCC2CCCO2)CCC(C(F)(F)F)CC1. The van der Waals surface area contributed by atoms with Crippen LogP contribution in [0.25, 0.3) is 0 Å². The van der Waals surface area contributed by atoms with Crippen molar-refractivity contribution in [1.29, 1.82) is 0 Å². The summed E-state index contributed by atoms with van der Waals surface area (Å²) in [6, 6.07) is 0. The molecule has 0 amide bonds. The standard InChI is InChI=1S/C14H23F3O2/c15-14(16,17)11-5-8-13(18,9-6-11)7-1-3-12-4-2-10-19-12/h11-12,18H,1-10H2. The summed E-state index contributed by atoms with van der Waals surface area (Å²) in [5.74, 6) is -1.22. The molecule has 19 heavy (non-hydrogen) atoms. The zero-order valence-electron chi connectivity index (χ0n) is 11.2. The van der Waals surface area contributed by atoms with Crippen LogP contribution in [0.5, 0.6) is 0 Å². The number of halogens is 3. The molecule has 2 rings (SSSR count). The average Bonchev–Trinajstić information content (AvgIpc) is 2.81. The summed E-state index contributed by atoms with van der Waals surface area (Å²) in [7, 11) is 0. The van der Waals surface area contributed by atoms with Gasteiger partial charge in [-0.15, -0.1) is 0 Å². The normalized spacial score (nSPS) is 36.6. The Balaban J connectivity index is 1.69. The van der Waals surface area contributed by atoms with Crippen LogP contribution in [0.4, 0.5) is 13.2 Å². The van der Waals surface area contributed by atoms with Crippen molar-refractivity contribution in [3.05, 3.63) is 0 Å². The van der Waals surface area contributed by atoms with Gasteiger partial charge in [-0.1, -0.05) is 0 Å². The van der Waals surface area contributed by atoms with Gasteiger partial charge < -0.3 is 9.84 Å². The second-order valence-corrected chi connectivity index (χ2v) is 6.07. The summed E-state index contributed by atoms with van der Waals surface area (Å²) in [5.41, 5.74) is -0.875. The van der Waals surface area contributed by atoms with Crippen LogP contribution in [0.1, 0.15) is 57.8 Å². The molecular weight excluding hydrogens is 257 g/mol. The minimum Gasteiger partial charge on any atom is -0.390 e. The molecule has 1 aliphatic carbocycles. The van der Waals surface area contributed by atoms with E-state index in [-0.39, 0.29) is 25.7 Å². The Labute approximate surface area is 112 Å². The highest BCUT2D eigenvalue weighted by molar-refractivity contribution is 4.87. The van der Waals surface area contributed by atoms with E-state index < -0.39 is 17.7 Å². The Kier molecular flexibility index (Phi) is 4.77. The molecule has 112 valence electrons. The van der Waals surface area contributed by atoms with Crippen LogP contribution in [0, 0.1) is 5.92 Å². The van der Waals surface area contributed by atoms with Crippen LogP contribution >= 0.6 is 0 Å². The molecule has 2 fully saturated rings. The minimum absolute atomic E-state index is 0.0694. The number of aliphatic hydroxyl groups is 1. The van der Waals surface area contributed by atoms with Gasteiger partial charge in [0.1, 0.15) is 0 Å². The van der Waals surface area contributed by atoms with Gasteiger partial charge in [-0.3, -0.25) is 0 Å².